The second-order valence-corrected chi connectivity index (χ2v) is 8.61. The number of nitrogens with one attached hydrogen (secondary N) is 1. The van der Waals surface area contributed by atoms with Gasteiger partial charge in [-0.05, 0) is 44.4 Å². The van der Waals surface area contributed by atoms with Crippen LogP contribution in [0, 0.1) is 11.8 Å². The Labute approximate surface area is 112 Å². The van der Waals surface area contributed by atoms with E-state index in [0.29, 0.717) is 6.04 Å². The summed E-state index contributed by atoms with van der Waals surface area (Å²) in [6, 6.07) is 0.662. The highest BCUT2D eigenvalue weighted by molar-refractivity contribution is 7.90. The quantitative estimate of drug-likeness (QED) is 0.808. The molecule has 2 atom stereocenters. The lowest BCUT2D eigenvalue weighted by Gasteiger charge is -2.33. The van der Waals surface area contributed by atoms with Crippen LogP contribution in [-0.4, -0.2) is 32.5 Å². The molecule has 106 valence electrons. The molecular weight excluding hydrogens is 246 g/mol. The molecule has 0 aliphatic heterocycles. The molecule has 2 fully saturated rings. The topological polar surface area (TPSA) is 46.2 Å². The van der Waals surface area contributed by atoms with Gasteiger partial charge in [0.1, 0.15) is 9.84 Å². The summed E-state index contributed by atoms with van der Waals surface area (Å²) in [6.07, 6.45) is 10.8. The summed E-state index contributed by atoms with van der Waals surface area (Å²) in [5, 5.41) is 3.63. The third-order valence-corrected chi connectivity index (χ3v) is 5.42. The van der Waals surface area contributed by atoms with Crippen LogP contribution in [0.1, 0.15) is 51.9 Å². The van der Waals surface area contributed by atoms with Crippen molar-refractivity contribution in [2.75, 3.05) is 12.0 Å². The lowest BCUT2D eigenvalue weighted by Crippen LogP contribution is -2.46. The molecule has 18 heavy (non-hydrogen) atoms. The van der Waals surface area contributed by atoms with E-state index in [0.717, 1.165) is 11.8 Å². The van der Waals surface area contributed by atoms with Crippen molar-refractivity contribution in [3.63, 3.8) is 0 Å². The van der Waals surface area contributed by atoms with Gasteiger partial charge in [0.15, 0.2) is 0 Å². The van der Waals surface area contributed by atoms with E-state index in [9.17, 15) is 8.42 Å². The van der Waals surface area contributed by atoms with E-state index < -0.39 is 9.84 Å². The SMILES string of the molecule is C[C@@H](CS(C)(=O)=O)N[C@@H](C1CCCCC1)C1CC1. The molecule has 2 aliphatic carbocycles. The third kappa shape index (κ3) is 4.54. The normalized spacial score (nSPS) is 25.9. The summed E-state index contributed by atoms with van der Waals surface area (Å²) in [4.78, 5) is 0. The molecule has 2 saturated carbocycles. The van der Waals surface area contributed by atoms with Gasteiger partial charge in [0.25, 0.3) is 0 Å². The Morgan fingerprint density at radius 1 is 1.06 bits per heavy atom. The summed E-state index contributed by atoms with van der Waals surface area (Å²) in [5.41, 5.74) is 0. The van der Waals surface area contributed by atoms with Gasteiger partial charge in [-0.1, -0.05) is 19.3 Å². The molecule has 3 nitrogen and oxygen atoms in total. The van der Waals surface area contributed by atoms with Gasteiger partial charge < -0.3 is 5.32 Å². The van der Waals surface area contributed by atoms with Crippen molar-refractivity contribution < 1.29 is 8.42 Å². The molecular formula is C14H27NO2S. The average molecular weight is 273 g/mol. The third-order valence-electron chi connectivity index (χ3n) is 4.32. The molecule has 0 aromatic rings. The van der Waals surface area contributed by atoms with Crippen LogP contribution in [0.2, 0.25) is 0 Å². The van der Waals surface area contributed by atoms with E-state index in [1.807, 2.05) is 6.92 Å². The highest BCUT2D eigenvalue weighted by Crippen LogP contribution is 2.40. The Morgan fingerprint density at radius 3 is 2.11 bits per heavy atom. The van der Waals surface area contributed by atoms with Crippen LogP contribution in [0.4, 0.5) is 0 Å². The molecule has 4 heteroatoms. The Kier molecular flexibility index (Phi) is 4.70. The predicted molar refractivity (Wildman–Crippen MR) is 75.4 cm³/mol. The van der Waals surface area contributed by atoms with Gasteiger partial charge in [-0.2, -0.15) is 0 Å². The van der Waals surface area contributed by atoms with Crippen LogP contribution in [0.5, 0.6) is 0 Å². The molecule has 0 unspecified atom stereocenters. The molecule has 2 aliphatic rings. The van der Waals surface area contributed by atoms with Gasteiger partial charge in [-0.3, -0.25) is 0 Å². The van der Waals surface area contributed by atoms with E-state index in [-0.39, 0.29) is 11.8 Å². The van der Waals surface area contributed by atoms with Crippen molar-refractivity contribution in [1.82, 2.24) is 5.32 Å². The minimum atomic E-state index is -2.87. The van der Waals surface area contributed by atoms with Gasteiger partial charge in [0.2, 0.25) is 0 Å². The molecule has 0 aromatic carbocycles. The highest BCUT2D eigenvalue weighted by Gasteiger charge is 2.37. The number of hydrogen-bond acceptors (Lipinski definition) is 3. The molecule has 0 amide bonds. The highest BCUT2D eigenvalue weighted by atomic mass is 32.2. The van der Waals surface area contributed by atoms with Crippen LogP contribution >= 0.6 is 0 Å². The second kappa shape index (κ2) is 5.91. The molecule has 0 radical (unpaired) electrons. The molecule has 0 aromatic heterocycles. The largest absolute Gasteiger partial charge is 0.310 e. The van der Waals surface area contributed by atoms with Crippen molar-refractivity contribution in [2.45, 2.75) is 64.0 Å². The van der Waals surface area contributed by atoms with Crippen molar-refractivity contribution in [2.24, 2.45) is 11.8 Å². The molecule has 2 rings (SSSR count). The van der Waals surface area contributed by atoms with E-state index in [1.165, 1.54) is 51.2 Å². The number of sulfone groups is 1. The number of rotatable bonds is 6. The van der Waals surface area contributed by atoms with Crippen molar-refractivity contribution in [1.29, 1.82) is 0 Å². The minimum Gasteiger partial charge on any atom is -0.310 e. The fraction of sp³-hybridized carbons (Fsp3) is 1.00. The van der Waals surface area contributed by atoms with Crippen LogP contribution < -0.4 is 5.32 Å². The van der Waals surface area contributed by atoms with Crippen LogP contribution in [0.3, 0.4) is 0 Å². The summed E-state index contributed by atoms with van der Waals surface area (Å²) in [7, 11) is -2.87. The molecule has 1 N–H and O–H groups in total. The summed E-state index contributed by atoms with van der Waals surface area (Å²) in [6.45, 7) is 2.01. The second-order valence-electron chi connectivity index (χ2n) is 6.42. The Hall–Kier alpha value is -0.0900. The van der Waals surface area contributed by atoms with Gasteiger partial charge >= 0.3 is 0 Å². The zero-order valence-corrected chi connectivity index (χ0v) is 12.5. The van der Waals surface area contributed by atoms with Crippen molar-refractivity contribution in [3.8, 4) is 0 Å². The first-order valence-corrected chi connectivity index (χ1v) is 9.45. The van der Waals surface area contributed by atoms with Gasteiger partial charge in [0, 0.05) is 18.3 Å². The Bertz CT molecular complexity index is 356. The lowest BCUT2D eigenvalue weighted by atomic mass is 9.82. The van der Waals surface area contributed by atoms with Gasteiger partial charge in [-0.15, -0.1) is 0 Å². The Morgan fingerprint density at radius 2 is 1.61 bits per heavy atom. The predicted octanol–water partition coefficient (Wildman–Crippen LogP) is 2.37. The van der Waals surface area contributed by atoms with E-state index in [2.05, 4.69) is 5.32 Å². The molecule has 0 spiro atoms. The number of hydrogen-bond donors (Lipinski definition) is 1. The maximum atomic E-state index is 11.3. The van der Waals surface area contributed by atoms with E-state index in [4.69, 9.17) is 0 Å². The van der Waals surface area contributed by atoms with Crippen LogP contribution in [0.25, 0.3) is 0 Å². The fourth-order valence-electron chi connectivity index (χ4n) is 3.44. The standard InChI is InChI=1S/C14H27NO2S/c1-11(10-18(2,16)17)15-14(13-8-9-13)12-6-4-3-5-7-12/h11-15H,3-10H2,1-2H3/t11-,14-/m0/s1. The molecule has 0 saturated heterocycles. The fourth-order valence-corrected chi connectivity index (χ4v) is 4.44. The van der Waals surface area contributed by atoms with Crippen LogP contribution in [-0.2, 0) is 9.84 Å². The molecule has 0 heterocycles. The monoisotopic (exact) mass is 273 g/mol. The summed E-state index contributed by atoms with van der Waals surface area (Å²) in [5.74, 6) is 1.87. The zero-order chi connectivity index (χ0) is 13.2. The van der Waals surface area contributed by atoms with Gasteiger partial charge in [-0.25, -0.2) is 8.42 Å². The van der Waals surface area contributed by atoms with Gasteiger partial charge in [0.05, 0.1) is 5.75 Å². The first-order chi connectivity index (χ1) is 8.46. The van der Waals surface area contributed by atoms with Crippen molar-refractivity contribution in [3.05, 3.63) is 0 Å². The maximum Gasteiger partial charge on any atom is 0.148 e. The zero-order valence-electron chi connectivity index (χ0n) is 11.7. The lowest BCUT2D eigenvalue weighted by molar-refractivity contribution is 0.237. The first-order valence-electron chi connectivity index (χ1n) is 7.39. The molecule has 0 bridgehead atoms. The first kappa shape index (κ1) is 14.3. The van der Waals surface area contributed by atoms with Crippen LogP contribution in [0.15, 0.2) is 0 Å². The Balaban J connectivity index is 1.89. The smallest absolute Gasteiger partial charge is 0.148 e. The van der Waals surface area contributed by atoms with E-state index in [1.54, 1.807) is 0 Å². The average Bonchev–Trinajstić information content (AvgIpc) is 3.08. The minimum absolute atomic E-state index is 0.0903. The summed E-state index contributed by atoms with van der Waals surface area (Å²) >= 11 is 0. The maximum absolute atomic E-state index is 11.3. The summed E-state index contributed by atoms with van der Waals surface area (Å²) < 4.78 is 22.7. The van der Waals surface area contributed by atoms with Crippen molar-refractivity contribution >= 4 is 9.84 Å². The van der Waals surface area contributed by atoms with E-state index >= 15 is 0 Å².